The van der Waals surface area contributed by atoms with Crippen LogP contribution in [0.1, 0.15) is 39.4 Å². The third kappa shape index (κ3) is 3.55. The van der Waals surface area contributed by atoms with Crippen LogP contribution in [0.3, 0.4) is 0 Å². The van der Waals surface area contributed by atoms with Crippen LogP contribution in [0.2, 0.25) is 0 Å². The van der Waals surface area contributed by atoms with Gasteiger partial charge in [-0.1, -0.05) is 20.8 Å². The molecule has 0 aliphatic carbocycles. The lowest BCUT2D eigenvalue weighted by atomic mass is 9.96. The minimum atomic E-state index is 0.0268. The Morgan fingerprint density at radius 2 is 2.05 bits per heavy atom. The van der Waals surface area contributed by atoms with E-state index < -0.39 is 0 Å². The fourth-order valence-corrected chi connectivity index (χ4v) is 4.08. The van der Waals surface area contributed by atoms with Crippen molar-refractivity contribution in [3.63, 3.8) is 0 Å². The molecule has 6 heteroatoms. The molecule has 4 nitrogen and oxygen atoms in total. The van der Waals surface area contributed by atoms with Crippen LogP contribution in [-0.4, -0.2) is 28.5 Å². The van der Waals surface area contributed by atoms with Gasteiger partial charge in [0.1, 0.15) is 5.82 Å². The van der Waals surface area contributed by atoms with E-state index in [0.29, 0.717) is 6.04 Å². The van der Waals surface area contributed by atoms with Crippen LogP contribution in [0.25, 0.3) is 0 Å². The van der Waals surface area contributed by atoms with Crippen molar-refractivity contribution >= 4 is 33.0 Å². The smallest absolute Gasteiger partial charge is 0.202 e. The molecule has 1 aliphatic rings. The number of thiophene rings is 1. The molecule has 0 atom stereocenters. The van der Waals surface area contributed by atoms with Crippen LogP contribution in [0.4, 0.5) is 10.1 Å². The molecule has 2 aromatic rings. The molecule has 0 radical (unpaired) electrons. The van der Waals surface area contributed by atoms with Crippen LogP contribution in [-0.2, 0) is 5.41 Å². The molecule has 3 heterocycles. The van der Waals surface area contributed by atoms with E-state index in [2.05, 4.69) is 57.9 Å². The van der Waals surface area contributed by atoms with E-state index >= 15 is 0 Å². The molecule has 1 aliphatic heterocycles. The number of aromatic nitrogens is 2. The van der Waals surface area contributed by atoms with Gasteiger partial charge in [0, 0.05) is 36.1 Å². The molecule has 0 saturated carbocycles. The highest BCUT2D eigenvalue weighted by Crippen LogP contribution is 2.27. The minimum absolute atomic E-state index is 0.0268. The molecule has 0 bridgehead atoms. The van der Waals surface area contributed by atoms with Gasteiger partial charge >= 0.3 is 0 Å². The molecule has 3 rings (SSSR count). The average molecular weight is 323 g/mol. The van der Waals surface area contributed by atoms with Crippen LogP contribution in [0.15, 0.2) is 17.5 Å². The van der Waals surface area contributed by atoms with Crippen LogP contribution < -0.4 is 10.2 Å². The Balaban J connectivity index is 1.55. The number of hydrogen-bond acceptors (Lipinski definition) is 6. The van der Waals surface area contributed by atoms with E-state index in [9.17, 15) is 0 Å². The number of hydrogen-bond donors (Lipinski definition) is 1. The van der Waals surface area contributed by atoms with Crippen molar-refractivity contribution in [3.05, 3.63) is 23.3 Å². The zero-order chi connectivity index (χ0) is 14.9. The van der Waals surface area contributed by atoms with E-state index in [4.69, 9.17) is 0 Å². The molecule has 1 saturated heterocycles. The Kier molecular flexibility index (Phi) is 4.17. The maximum Gasteiger partial charge on any atom is 0.202 e. The second-order valence-corrected chi connectivity index (χ2v) is 8.21. The molecule has 1 N–H and O–H groups in total. The molecule has 2 aromatic heterocycles. The first-order chi connectivity index (χ1) is 10.0. The van der Waals surface area contributed by atoms with Gasteiger partial charge in [-0.05, 0) is 30.4 Å². The summed E-state index contributed by atoms with van der Waals surface area (Å²) in [6.45, 7) is 8.68. The van der Waals surface area contributed by atoms with Gasteiger partial charge in [-0.2, -0.15) is 4.37 Å². The van der Waals surface area contributed by atoms with Crippen molar-refractivity contribution in [2.24, 2.45) is 0 Å². The standard InChI is InChI=1S/C15H22N4S2/c1-15(2,3)13-17-14(21-18-13)16-11-6-8-19(9-7-11)12-5-4-10-20-12/h4-5,10-11H,6-9H2,1-3H3,(H,16,17,18). The lowest BCUT2D eigenvalue weighted by molar-refractivity contribution is 0.526. The van der Waals surface area contributed by atoms with Crippen molar-refractivity contribution in [2.45, 2.75) is 45.1 Å². The summed E-state index contributed by atoms with van der Waals surface area (Å²) < 4.78 is 4.47. The first kappa shape index (κ1) is 14.8. The molecule has 0 amide bonds. The van der Waals surface area contributed by atoms with E-state index in [-0.39, 0.29) is 5.41 Å². The molecule has 0 unspecified atom stereocenters. The van der Waals surface area contributed by atoms with E-state index in [0.717, 1.165) is 36.9 Å². The quantitative estimate of drug-likeness (QED) is 0.928. The third-order valence-electron chi connectivity index (χ3n) is 3.74. The molecule has 0 spiro atoms. The summed E-state index contributed by atoms with van der Waals surface area (Å²) in [4.78, 5) is 7.11. The van der Waals surface area contributed by atoms with Crippen molar-refractivity contribution in [3.8, 4) is 0 Å². The number of nitrogens with one attached hydrogen (secondary N) is 1. The zero-order valence-corrected chi connectivity index (χ0v) is 14.4. The largest absolute Gasteiger partial charge is 0.363 e. The van der Waals surface area contributed by atoms with Crippen LogP contribution in [0.5, 0.6) is 0 Å². The lowest BCUT2D eigenvalue weighted by Crippen LogP contribution is -2.38. The van der Waals surface area contributed by atoms with Gasteiger partial charge in [-0.25, -0.2) is 4.98 Å². The van der Waals surface area contributed by atoms with Crippen molar-refractivity contribution < 1.29 is 0 Å². The summed E-state index contributed by atoms with van der Waals surface area (Å²) in [6, 6.07) is 4.85. The molecular weight excluding hydrogens is 300 g/mol. The molecule has 1 fully saturated rings. The Morgan fingerprint density at radius 1 is 1.29 bits per heavy atom. The highest BCUT2D eigenvalue weighted by molar-refractivity contribution is 7.14. The summed E-state index contributed by atoms with van der Waals surface area (Å²) in [5.41, 5.74) is 0.0268. The summed E-state index contributed by atoms with van der Waals surface area (Å²) in [5.74, 6) is 0.936. The Hall–Kier alpha value is -1.14. The predicted octanol–water partition coefficient (Wildman–Crippen LogP) is 3.98. The average Bonchev–Trinajstić information content (AvgIpc) is 3.09. The highest BCUT2D eigenvalue weighted by Gasteiger charge is 2.23. The van der Waals surface area contributed by atoms with E-state index in [1.54, 1.807) is 0 Å². The highest BCUT2D eigenvalue weighted by atomic mass is 32.1. The van der Waals surface area contributed by atoms with E-state index in [1.165, 1.54) is 16.5 Å². The Labute approximate surface area is 134 Å². The van der Waals surface area contributed by atoms with Gasteiger partial charge in [0.05, 0.1) is 5.00 Å². The van der Waals surface area contributed by atoms with Gasteiger partial charge in [-0.15, -0.1) is 11.3 Å². The number of piperidine rings is 1. The third-order valence-corrected chi connectivity index (χ3v) is 5.31. The van der Waals surface area contributed by atoms with Gasteiger partial charge in [0.15, 0.2) is 0 Å². The first-order valence-electron chi connectivity index (χ1n) is 7.41. The van der Waals surface area contributed by atoms with Crippen molar-refractivity contribution in [1.29, 1.82) is 0 Å². The topological polar surface area (TPSA) is 41.1 Å². The summed E-state index contributed by atoms with van der Waals surface area (Å²) in [7, 11) is 0. The van der Waals surface area contributed by atoms with Crippen molar-refractivity contribution in [2.75, 3.05) is 23.3 Å². The summed E-state index contributed by atoms with van der Waals surface area (Å²) >= 11 is 3.31. The normalized spacial score (nSPS) is 17.2. The number of nitrogens with zero attached hydrogens (tertiary/aromatic N) is 3. The maximum atomic E-state index is 4.63. The number of anilines is 2. The lowest BCUT2D eigenvalue weighted by Gasteiger charge is -2.32. The first-order valence-corrected chi connectivity index (χ1v) is 9.07. The Morgan fingerprint density at radius 3 is 2.62 bits per heavy atom. The minimum Gasteiger partial charge on any atom is -0.363 e. The monoisotopic (exact) mass is 322 g/mol. The van der Waals surface area contributed by atoms with Gasteiger partial charge in [-0.3, -0.25) is 0 Å². The second kappa shape index (κ2) is 5.93. The van der Waals surface area contributed by atoms with Crippen molar-refractivity contribution in [1.82, 2.24) is 9.36 Å². The SMILES string of the molecule is CC(C)(C)c1nsc(NC2CCN(c3cccs3)CC2)n1. The fourth-order valence-electron chi connectivity index (χ4n) is 2.46. The van der Waals surface area contributed by atoms with Gasteiger partial charge < -0.3 is 10.2 Å². The molecule has 114 valence electrons. The fraction of sp³-hybridized carbons (Fsp3) is 0.600. The summed E-state index contributed by atoms with van der Waals surface area (Å²) in [5, 5.41) is 8.06. The molecule has 21 heavy (non-hydrogen) atoms. The van der Waals surface area contributed by atoms with E-state index in [1.807, 2.05) is 11.3 Å². The Bertz CT molecular complexity index is 563. The van der Waals surface area contributed by atoms with Gasteiger partial charge in [0.25, 0.3) is 0 Å². The number of rotatable bonds is 3. The molecular formula is C15H22N4S2. The van der Waals surface area contributed by atoms with Gasteiger partial charge in [0.2, 0.25) is 5.13 Å². The molecule has 0 aromatic carbocycles. The van der Waals surface area contributed by atoms with Crippen LogP contribution in [0, 0.1) is 0 Å². The summed E-state index contributed by atoms with van der Waals surface area (Å²) in [6.07, 6.45) is 2.31. The zero-order valence-electron chi connectivity index (χ0n) is 12.8. The second-order valence-electron chi connectivity index (χ2n) is 6.53. The van der Waals surface area contributed by atoms with Crippen LogP contribution >= 0.6 is 22.9 Å². The maximum absolute atomic E-state index is 4.63. The predicted molar refractivity (Wildman–Crippen MR) is 91.8 cm³/mol.